The number of benzene rings is 1. The zero-order valence-corrected chi connectivity index (χ0v) is 13.0. The first-order valence-electron chi connectivity index (χ1n) is 7.61. The molecular weight excluding hydrogens is 248 g/mol. The van der Waals surface area contributed by atoms with E-state index < -0.39 is 0 Å². The number of nitrogen functional groups attached to an aromatic ring is 1. The van der Waals surface area contributed by atoms with Crippen LogP contribution < -0.4 is 11.1 Å². The van der Waals surface area contributed by atoms with Crippen LogP contribution in [0.2, 0.25) is 0 Å². The zero-order valence-electron chi connectivity index (χ0n) is 13.0. The van der Waals surface area contributed by atoms with E-state index in [1.54, 1.807) is 0 Å². The van der Waals surface area contributed by atoms with E-state index in [4.69, 9.17) is 5.73 Å². The molecule has 0 saturated carbocycles. The molecule has 0 heterocycles. The third-order valence-corrected chi connectivity index (χ3v) is 3.45. The molecule has 0 aliphatic rings. The van der Waals surface area contributed by atoms with E-state index >= 15 is 0 Å². The molecule has 0 bridgehead atoms. The van der Waals surface area contributed by atoms with E-state index in [-0.39, 0.29) is 11.9 Å². The molecule has 3 heteroatoms. The van der Waals surface area contributed by atoms with Crippen LogP contribution in [0.5, 0.6) is 0 Å². The Balaban J connectivity index is 2.20. The summed E-state index contributed by atoms with van der Waals surface area (Å²) in [6.45, 7) is 6.55. The predicted octanol–water partition coefficient (Wildman–Crippen LogP) is 3.53. The highest BCUT2D eigenvalue weighted by molar-refractivity contribution is 5.76. The van der Waals surface area contributed by atoms with E-state index in [2.05, 4.69) is 26.1 Å². The second kappa shape index (κ2) is 8.62. The maximum Gasteiger partial charge on any atom is 0.220 e. The number of rotatable bonds is 8. The molecule has 1 aromatic carbocycles. The van der Waals surface area contributed by atoms with Crippen LogP contribution in [-0.2, 0) is 11.2 Å². The Morgan fingerprint density at radius 1 is 1.15 bits per heavy atom. The van der Waals surface area contributed by atoms with Crippen LogP contribution in [-0.4, -0.2) is 11.9 Å². The first kappa shape index (κ1) is 16.5. The summed E-state index contributed by atoms with van der Waals surface area (Å²) in [6.07, 6.45) is 4.78. The number of nitrogens with two attached hydrogens (primary N) is 1. The molecule has 1 amide bonds. The van der Waals surface area contributed by atoms with Crippen molar-refractivity contribution in [3.63, 3.8) is 0 Å². The SMILES string of the molecule is CC(C)CCCC(C)NC(=O)CCc1ccc(N)cc1. The Hall–Kier alpha value is -1.51. The van der Waals surface area contributed by atoms with E-state index in [0.29, 0.717) is 6.42 Å². The van der Waals surface area contributed by atoms with Gasteiger partial charge in [-0.3, -0.25) is 4.79 Å². The first-order valence-corrected chi connectivity index (χ1v) is 7.61. The van der Waals surface area contributed by atoms with Crippen molar-refractivity contribution < 1.29 is 4.79 Å². The van der Waals surface area contributed by atoms with Crippen molar-refractivity contribution in [3.8, 4) is 0 Å². The minimum atomic E-state index is 0.138. The molecule has 1 unspecified atom stereocenters. The van der Waals surface area contributed by atoms with Crippen molar-refractivity contribution >= 4 is 11.6 Å². The van der Waals surface area contributed by atoms with Crippen LogP contribution in [0.1, 0.15) is 52.0 Å². The molecule has 0 aromatic heterocycles. The third kappa shape index (κ3) is 7.17. The van der Waals surface area contributed by atoms with Gasteiger partial charge in [-0.05, 0) is 43.4 Å². The number of anilines is 1. The second-order valence-corrected chi connectivity index (χ2v) is 6.03. The van der Waals surface area contributed by atoms with Crippen LogP contribution in [0.4, 0.5) is 5.69 Å². The van der Waals surface area contributed by atoms with Crippen molar-refractivity contribution in [2.75, 3.05) is 5.73 Å². The summed E-state index contributed by atoms with van der Waals surface area (Å²) < 4.78 is 0. The lowest BCUT2D eigenvalue weighted by Gasteiger charge is -2.14. The van der Waals surface area contributed by atoms with Crippen LogP contribution in [0.25, 0.3) is 0 Å². The maximum atomic E-state index is 11.9. The summed E-state index contributed by atoms with van der Waals surface area (Å²) in [5, 5.41) is 3.07. The Labute approximate surface area is 122 Å². The van der Waals surface area contributed by atoms with Crippen molar-refractivity contribution in [2.24, 2.45) is 5.92 Å². The molecule has 1 aromatic rings. The first-order chi connectivity index (χ1) is 9.47. The standard InChI is InChI=1S/C17H28N2O/c1-13(2)5-4-6-14(3)19-17(20)12-9-15-7-10-16(18)11-8-15/h7-8,10-11,13-14H,4-6,9,12,18H2,1-3H3,(H,19,20). The average molecular weight is 276 g/mol. The van der Waals surface area contributed by atoms with Gasteiger partial charge in [-0.1, -0.05) is 38.8 Å². The Kier molecular flexibility index (Phi) is 7.13. The van der Waals surface area contributed by atoms with Gasteiger partial charge in [0.25, 0.3) is 0 Å². The fourth-order valence-corrected chi connectivity index (χ4v) is 2.19. The molecule has 3 nitrogen and oxygen atoms in total. The lowest BCUT2D eigenvalue weighted by molar-refractivity contribution is -0.121. The number of aryl methyl sites for hydroxylation is 1. The van der Waals surface area contributed by atoms with Crippen LogP contribution in [0.3, 0.4) is 0 Å². The van der Waals surface area contributed by atoms with Gasteiger partial charge in [0.15, 0.2) is 0 Å². The predicted molar refractivity (Wildman–Crippen MR) is 85.5 cm³/mol. The fraction of sp³-hybridized carbons (Fsp3) is 0.588. The van der Waals surface area contributed by atoms with Gasteiger partial charge < -0.3 is 11.1 Å². The summed E-state index contributed by atoms with van der Waals surface area (Å²) in [5.41, 5.74) is 7.55. The maximum absolute atomic E-state index is 11.9. The molecule has 0 fully saturated rings. The highest BCUT2D eigenvalue weighted by atomic mass is 16.1. The van der Waals surface area contributed by atoms with Crippen molar-refractivity contribution in [1.29, 1.82) is 0 Å². The normalized spacial score (nSPS) is 12.4. The molecule has 0 aliphatic heterocycles. The summed E-state index contributed by atoms with van der Waals surface area (Å²) in [7, 11) is 0. The molecule has 1 atom stereocenters. The Bertz CT molecular complexity index is 398. The molecule has 0 aliphatic carbocycles. The number of carbonyl (C=O) groups is 1. The largest absolute Gasteiger partial charge is 0.399 e. The second-order valence-electron chi connectivity index (χ2n) is 6.03. The van der Waals surface area contributed by atoms with Crippen LogP contribution in [0, 0.1) is 5.92 Å². The summed E-state index contributed by atoms with van der Waals surface area (Å²) in [6, 6.07) is 7.99. The highest BCUT2D eigenvalue weighted by Gasteiger charge is 2.07. The monoisotopic (exact) mass is 276 g/mol. The lowest BCUT2D eigenvalue weighted by Crippen LogP contribution is -2.32. The molecule has 0 radical (unpaired) electrons. The van der Waals surface area contributed by atoms with Gasteiger partial charge >= 0.3 is 0 Å². The lowest BCUT2D eigenvalue weighted by atomic mass is 10.0. The van der Waals surface area contributed by atoms with Gasteiger partial charge in [0.2, 0.25) is 5.91 Å². The molecule has 112 valence electrons. The minimum absolute atomic E-state index is 0.138. The topological polar surface area (TPSA) is 55.1 Å². The molecular formula is C17H28N2O. The van der Waals surface area contributed by atoms with Gasteiger partial charge in [0.05, 0.1) is 0 Å². The average Bonchev–Trinajstić information content (AvgIpc) is 2.37. The number of hydrogen-bond donors (Lipinski definition) is 2. The van der Waals surface area contributed by atoms with E-state index in [0.717, 1.165) is 30.0 Å². The van der Waals surface area contributed by atoms with Gasteiger partial charge in [0, 0.05) is 18.2 Å². The van der Waals surface area contributed by atoms with E-state index in [9.17, 15) is 4.79 Å². The van der Waals surface area contributed by atoms with Gasteiger partial charge in [-0.25, -0.2) is 0 Å². The van der Waals surface area contributed by atoms with E-state index in [1.807, 2.05) is 24.3 Å². The van der Waals surface area contributed by atoms with Crippen LogP contribution >= 0.6 is 0 Å². The summed E-state index contributed by atoms with van der Waals surface area (Å²) >= 11 is 0. The molecule has 0 saturated heterocycles. The van der Waals surface area contributed by atoms with Gasteiger partial charge in [-0.15, -0.1) is 0 Å². The number of amides is 1. The minimum Gasteiger partial charge on any atom is -0.399 e. The number of hydrogen-bond acceptors (Lipinski definition) is 2. The molecule has 0 spiro atoms. The number of nitrogens with one attached hydrogen (secondary N) is 1. The fourth-order valence-electron chi connectivity index (χ4n) is 2.19. The van der Waals surface area contributed by atoms with Crippen molar-refractivity contribution in [2.45, 2.75) is 58.9 Å². The van der Waals surface area contributed by atoms with Crippen molar-refractivity contribution in [1.82, 2.24) is 5.32 Å². The molecule has 1 rings (SSSR count). The highest BCUT2D eigenvalue weighted by Crippen LogP contribution is 2.09. The third-order valence-electron chi connectivity index (χ3n) is 3.45. The summed E-state index contributed by atoms with van der Waals surface area (Å²) in [4.78, 5) is 11.9. The van der Waals surface area contributed by atoms with Gasteiger partial charge in [0.1, 0.15) is 0 Å². The van der Waals surface area contributed by atoms with Crippen LogP contribution in [0.15, 0.2) is 24.3 Å². The van der Waals surface area contributed by atoms with Gasteiger partial charge in [-0.2, -0.15) is 0 Å². The van der Waals surface area contributed by atoms with E-state index in [1.165, 1.54) is 12.8 Å². The quantitative estimate of drug-likeness (QED) is 0.714. The molecule has 20 heavy (non-hydrogen) atoms. The van der Waals surface area contributed by atoms with Crippen molar-refractivity contribution in [3.05, 3.63) is 29.8 Å². The zero-order chi connectivity index (χ0) is 15.0. The Morgan fingerprint density at radius 2 is 1.80 bits per heavy atom. The Morgan fingerprint density at radius 3 is 2.40 bits per heavy atom. The summed E-state index contributed by atoms with van der Waals surface area (Å²) in [5.74, 6) is 0.877. The molecule has 3 N–H and O–H groups in total. The number of carbonyl (C=O) groups excluding carboxylic acids is 1. The smallest absolute Gasteiger partial charge is 0.220 e.